The number of halogens is 1. The number of anilines is 2. The molecule has 100 valence electrons. The van der Waals surface area contributed by atoms with Crippen molar-refractivity contribution in [1.82, 2.24) is 0 Å². The van der Waals surface area contributed by atoms with Crippen molar-refractivity contribution < 1.29 is 9.13 Å². The third-order valence-corrected chi connectivity index (χ3v) is 3.53. The van der Waals surface area contributed by atoms with Crippen LogP contribution in [0.4, 0.5) is 15.8 Å². The Bertz CT molecular complexity index is 401. The molecule has 0 bridgehead atoms. The molecule has 0 unspecified atom stereocenters. The SMILES string of the molecule is COc1cc(NC2CCCCCC2)c(F)cc1N. The smallest absolute Gasteiger partial charge is 0.148 e. The van der Waals surface area contributed by atoms with E-state index in [4.69, 9.17) is 10.5 Å². The van der Waals surface area contributed by atoms with Gasteiger partial charge in [-0.05, 0) is 12.8 Å². The van der Waals surface area contributed by atoms with Gasteiger partial charge in [0.15, 0.2) is 0 Å². The second kappa shape index (κ2) is 5.94. The van der Waals surface area contributed by atoms with Crippen molar-refractivity contribution in [2.45, 2.75) is 44.6 Å². The number of rotatable bonds is 3. The lowest BCUT2D eigenvalue weighted by Gasteiger charge is -2.19. The molecule has 1 saturated carbocycles. The van der Waals surface area contributed by atoms with E-state index < -0.39 is 0 Å². The summed E-state index contributed by atoms with van der Waals surface area (Å²) in [6.07, 6.45) is 7.20. The van der Waals surface area contributed by atoms with Gasteiger partial charge in [0.1, 0.15) is 11.6 Å². The van der Waals surface area contributed by atoms with Crippen molar-refractivity contribution in [1.29, 1.82) is 0 Å². The monoisotopic (exact) mass is 252 g/mol. The van der Waals surface area contributed by atoms with E-state index in [9.17, 15) is 4.39 Å². The quantitative estimate of drug-likeness (QED) is 0.639. The van der Waals surface area contributed by atoms with Crippen LogP contribution in [0.2, 0.25) is 0 Å². The van der Waals surface area contributed by atoms with Gasteiger partial charge in [0.2, 0.25) is 0 Å². The first-order valence-electron chi connectivity index (χ1n) is 6.60. The molecule has 1 aliphatic carbocycles. The average molecular weight is 252 g/mol. The van der Waals surface area contributed by atoms with Crippen LogP contribution in [0.15, 0.2) is 12.1 Å². The number of benzene rings is 1. The van der Waals surface area contributed by atoms with E-state index in [1.807, 2.05) is 0 Å². The summed E-state index contributed by atoms with van der Waals surface area (Å²) in [5, 5.41) is 3.28. The first-order chi connectivity index (χ1) is 8.70. The van der Waals surface area contributed by atoms with E-state index in [2.05, 4.69) is 5.32 Å². The lowest BCUT2D eigenvalue weighted by molar-refractivity contribution is 0.416. The van der Waals surface area contributed by atoms with E-state index >= 15 is 0 Å². The molecule has 1 fully saturated rings. The van der Waals surface area contributed by atoms with Crippen LogP contribution in [0.25, 0.3) is 0 Å². The predicted octanol–water partition coefficient (Wildman–Crippen LogP) is 3.55. The maximum Gasteiger partial charge on any atom is 0.148 e. The van der Waals surface area contributed by atoms with Gasteiger partial charge in [0, 0.05) is 18.2 Å². The van der Waals surface area contributed by atoms with E-state index in [1.54, 1.807) is 13.2 Å². The first kappa shape index (κ1) is 13.0. The third kappa shape index (κ3) is 3.06. The fraction of sp³-hybridized carbons (Fsp3) is 0.571. The Balaban J connectivity index is 2.12. The summed E-state index contributed by atoms with van der Waals surface area (Å²) >= 11 is 0. The van der Waals surface area contributed by atoms with Crippen molar-refractivity contribution in [2.24, 2.45) is 0 Å². The molecular formula is C14H21FN2O. The molecule has 0 saturated heterocycles. The summed E-state index contributed by atoms with van der Waals surface area (Å²) in [6.45, 7) is 0. The summed E-state index contributed by atoms with van der Waals surface area (Å²) in [7, 11) is 1.54. The largest absolute Gasteiger partial charge is 0.495 e. The molecule has 0 spiro atoms. The fourth-order valence-electron chi connectivity index (χ4n) is 2.50. The molecule has 3 N–H and O–H groups in total. The predicted molar refractivity (Wildman–Crippen MR) is 72.5 cm³/mol. The molecule has 18 heavy (non-hydrogen) atoms. The standard InChI is InChI=1S/C14H21FN2O/c1-18-14-9-13(11(15)8-12(14)16)17-10-6-4-2-3-5-7-10/h8-10,17H,2-7,16H2,1H3. The van der Waals surface area contributed by atoms with Gasteiger partial charge in [-0.3, -0.25) is 0 Å². The summed E-state index contributed by atoms with van der Waals surface area (Å²) in [5.74, 6) is 0.213. The third-order valence-electron chi connectivity index (χ3n) is 3.53. The van der Waals surface area contributed by atoms with Crippen LogP contribution in [0, 0.1) is 5.82 Å². The number of nitrogens with one attached hydrogen (secondary N) is 1. The highest BCUT2D eigenvalue weighted by molar-refractivity contribution is 5.62. The van der Waals surface area contributed by atoms with Crippen molar-refractivity contribution in [3.8, 4) is 5.75 Å². The van der Waals surface area contributed by atoms with Crippen molar-refractivity contribution in [3.63, 3.8) is 0 Å². The molecule has 0 heterocycles. The lowest BCUT2D eigenvalue weighted by Crippen LogP contribution is -2.19. The van der Waals surface area contributed by atoms with Crippen molar-refractivity contribution in [2.75, 3.05) is 18.2 Å². The topological polar surface area (TPSA) is 47.3 Å². The molecule has 0 radical (unpaired) electrons. The van der Waals surface area contributed by atoms with Gasteiger partial charge in [-0.2, -0.15) is 0 Å². The molecule has 1 aromatic carbocycles. The van der Waals surface area contributed by atoms with E-state index in [-0.39, 0.29) is 5.82 Å². The molecule has 2 rings (SSSR count). The van der Waals surface area contributed by atoms with Crippen molar-refractivity contribution >= 4 is 11.4 Å². The van der Waals surface area contributed by atoms with Crippen LogP contribution in [0.5, 0.6) is 5.75 Å². The van der Waals surface area contributed by atoms with Gasteiger partial charge in [-0.25, -0.2) is 4.39 Å². The van der Waals surface area contributed by atoms with Crippen molar-refractivity contribution in [3.05, 3.63) is 17.9 Å². The van der Waals surface area contributed by atoms with Crippen LogP contribution >= 0.6 is 0 Å². The minimum atomic E-state index is -0.308. The zero-order chi connectivity index (χ0) is 13.0. The minimum absolute atomic E-state index is 0.308. The number of methoxy groups -OCH3 is 1. The Hall–Kier alpha value is -1.45. The molecule has 0 aromatic heterocycles. The highest BCUT2D eigenvalue weighted by Gasteiger charge is 2.15. The van der Waals surface area contributed by atoms with Gasteiger partial charge in [0.25, 0.3) is 0 Å². The first-order valence-corrected chi connectivity index (χ1v) is 6.60. The number of hydrogen-bond acceptors (Lipinski definition) is 3. The van der Waals surface area contributed by atoms with Gasteiger partial charge in [-0.1, -0.05) is 25.7 Å². The summed E-state index contributed by atoms with van der Waals surface area (Å²) < 4.78 is 18.9. The van der Waals surface area contributed by atoms with E-state index in [0.717, 1.165) is 12.8 Å². The Morgan fingerprint density at radius 2 is 1.89 bits per heavy atom. The minimum Gasteiger partial charge on any atom is -0.495 e. The molecule has 3 nitrogen and oxygen atoms in total. The van der Waals surface area contributed by atoms with Gasteiger partial charge in [0.05, 0.1) is 18.5 Å². The van der Waals surface area contributed by atoms with Crippen LogP contribution in [-0.4, -0.2) is 13.2 Å². The highest BCUT2D eigenvalue weighted by Crippen LogP contribution is 2.30. The Morgan fingerprint density at radius 3 is 2.50 bits per heavy atom. The Labute approximate surface area is 108 Å². The Kier molecular flexibility index (Phi) is 4.28. The van der Waals surface area contributed by atoms with Crippen LogP contribution in [0.1, 0.15) is 38.5 Å². The number of ether oxygens (including phenoxy) is 1. The molecule has 0 aliphatic heterocycles. The highest BCUT2D eigenvalue weighted by atomic mass is 19.1. The maximum atomic E-state index is 13.8. The number of hydrogen-bond donors (Lipinski definition) is 2. The molecule has 4 heteroatoms. The van der Waals surface area contributed by atoms with E-state index in [0.29, 0.717) is 23.2 Å². The maximum absolute atomic E-state index is 13.8. The number of nitrogen functional groups attached to an aromatic ring is 1. The zero-order valence-electron chi connectivity index (χ0n) is 10.8. The van der Waals surface area contributed by atoms with Crippen LogP contribution < -0.4 is 15.8 Å². The number of nitrogens with two attached hydrogens (primary N) is 1. The van der Waals surface area contributed by atoms with Gasteiger partial charge < -0.3 is 15.8 Å². The molecule has 0 atom stereocenters. The van der Waals surface area contributed by atoms with Crippen LogP contribution in [0.3, 0.4) is 0 Å². The fourth-order valence-corrected chi connectivity index (χ4v) is 2.50. The summed E-state index contributed by atoms with van der Waals surface area (Å²) in [4.78, 5) is 0. The molecular weight excluding hydrogens is 231 g/mol. The molecule has 1 aliphatic rings. The second-order valence-corrected chi connectivity index (χ2v) is 4.91. The van der Waals surface area contributed by atoms with E-state index in [1.165, 1.54) is 31.7 Å². The van der Waals surface area contributed by atoms with Crippen LogP contribution in [-0.2, 0) is 0 Å². The Morgan fingerprint density at radius 1 is 1.22 bits per heavy atom. The second-order valence-electron chi connectivity index (χ2n) is 4.91. The summed E-state index contributed by atoms with van der Waals surface area (Å²) in [5.41, 5.74) is 6.49. The lowest BCUT2D eigenvalue weighted by atomic mass is 10.1. The molecule has 1 aromatic rings. The van der Waals surface area contributed by atoms with Gasteiger partial charge >= 0.3 is 0 Å². The van der Waals surface area contributed by atoms with Gasteiger partial charge in [-0.15, -0.1) is 0 Å². The normalized spacial score (nSPS) is 17.2. The average Bonchev–Trinajstić information content (AvgIpc) is 2.61. The summed E-state index contributed by atoms with van der Waals surface area (Å²) in [6, 6.07) is 3.32. The molecule has 0 amide bonds. The zero-order valence-corrected chi connectivity index (χ0v) is 10.8.